The molecule has 2 aromatic carbocycles. The number of nitrogen functional groups attached to an aromatic ring is 1. The number of nitrogens with two attached hydrogens (primary N) is 1. The van der Waals surface area contributed by atoms with E-state index in [0.717, 1.165) is 0 Å². The molecule has 3 rings (SSSR count). The van der Waals surface area contributed by atoms with Crippen LogP contribution in [0.1, 0.15) is 0 Å². The molecule has 0 atom stereocenters. The van der Waals surface area contributed by atoms with Crippen molar-refractivity contribution in [2.45, 2.75) is 0 Å². The lowest BCUT2D eigenvalue weighted by molar-refractivity contribution is 0.619. The Morgan fingerprint density at radius 2 is 1.85 bits per heavy atom. The summed E-state index contributed by atoms with van der Waals surface area (Å²) in [6.07, 6.45) is 0. The first-order chi connectivity index (χ1) is 9.47. The second-order valence-electron chi connectivity index (χ2n) is 4.16. The van der Waals surface area contributed by atoms with E-state index < -0.39 is 5.82 Å². The average Bonchev–Trinajstić information content (AvgIpc) is 2.66. The largest absolute Gasteiger partial charge is 0.369 e. The molecular formula is C13H7BrCl2FN3. The fraction of sp³-hybridized carbons (Fsp3) is 0. The fourth-order valence-corrected chi connectivity index (χ4v) is 2.66. The van der Waals surface area contributed by atoms with Crippen LogP contribution in [-0.4, -0.2) is 9.55 Å². The maximum absolute atomic E-state index is 14.1. The molecule has 3 aromatic rings. The van der Waals surface area contributed by atoms with Crippen molar-refractivity contribution in [2.24, 2.45) is 0 Å². The van der Waals surface area contributed by atoms with E-state index in [2.05, 4.69) is 20.9 Å². The van der Waals surface area contributed by atoms with Crippen molar-refractivity contribution < 1.29 is 4.39 Å². The molecule has 0 aliphatic carbocycles. The van der Waals surface area contributed by atoms with Gasteiger partial charge in [0.1, 0.15) is 5.82 Å². The van der Waals surface area contributed by atoms with Crippen LogP contribution in [0.25, 0.3) is 16.7 Å². The molecule has 0 saturated heterocycles. The summed E-state index contributed by atoms with van der Waals surface area (Å²) in [5, 5.41) is 0.734. The molecule has 0 aliphatic heterocycles. The Morgan fingerprint density at radius 3 is 2.55 bits per heavy atom. The summed E-state index contributed by atoms with van der Waals surface area (Å²) >= 11 is 15.2. The minimum absolute atomic E-state index is 0.166. The van der Waals surface area contributed by atoms with Gasteiger partial charge >= 0.3 is 0 Å². The zero-order valence-corrected chi connectivity index (χ0v) is 13.0. The average molecular weight is 375 g/mol. The molecule has 0 fully saturated rings. The Balaban J connectivity index is 2.35. The van der Waals surface area contributed by atoms with E-state index in [-0.39, 0.29) is 5.95 Å². The summed E-state index contributed by atoms with van der Waals surface area (Å²) in [6.45, 7) is 0. The molecular weight excluding hydrogens is 368 g/mol. The quantitative estimate of drug-likeness (QED) is 0.663. The predicted octanol–water partition coefficient (Wildman–Crippen LogP) is 4.82. The lowest BCUT2D eigenvalue weighted by Crippen LogP contribution is -2.02. The van der Waals surface area contributed by atoms with Crippen LogP contribution < -0.4 is 5.73 Å². The number of aromatic nitrogens is 2. The first-order valence-electron chi connectivity index (χ1n) is 5.56. The monoisotopic (exact) mass is 373 g/mol. The van der Waals surface area contributed by atoms with Gasteiger partial charge in [0.15, 0.2) is 0 Å². The van der Waals surface area contributed by atoms with Crippen LogP contribution >= 0.6 is 39.1 Å². The number of anilines is 1. The topological polar surface area (TPSA) is 43.8 Å². The molecule has 1 heterocycles. The smallest absolute Gasteiger partial charge is 0.206 e. The Labute approximate surface area is 132 Å². The Hall–Kier alpha value is -1.30. The van der Waals surface area contributed by atoms with Gasteiger partial charge in [0.2, 0.25) is 5.95 Å². The molecule has 0 aliphatic rings. The molecule has 7 heteroatoms. The number of halogens is 4. The van der Waals surface area contributed by atoms with E-state index in [1.165, 1.54) is 10.6 Å². The van der Waals surface area contributed by atoms with Crippen LogP contribution in [0.3, 0.4) is 0 Å². The van der Waals surface area contributed by atoms with E-state index in [9.17, 15) is 4.39 Å². The van der Waals surface area contributed by atoms with Crippen LogP contribution in [0.4, 0.5) is 10.3 Å². The highest BCUT2D eigenvalue weighted by Gasteiger charge is 2.15. The van der Waals surface area contributed by atoms with Gasteiger partial charge in [-0.3, -0.25) is 4.57 Å². The lowest BCUT2D eigenvalue weighted by atomic mass is 10.2. The normalized spacial score (nSPS) is 11.2. The van der Waals surface area contributed by atoms with Crippen molar-refractivity contribution in [1.82, 2.24) is 9.55 Å². The summed E-state index contributed by atoms with van der Waals surface area (Å²) in [4.78, 5) is 4.17. The zero-order valence-electron chi connectivity index (χ0n) is 9.87. The predicted molar refractivity (Wildman–Crippen MR) is 83.2 cm³/mol. The summed E-state index contributed by atoms with van der Waals surface area (Å²) in [7, 11) is 0. The molecule has 0 bridgehead atoms. The second kappa shape index (κ2) is 4.91. The molecule has 0 unspecified atom stereocenters. The molecule has 0 spiro atoms. The number of hydrogen-bond donors (Lipinski definition) is 1. The number of imidazole rings is 1. The fourth-order valence-electron chi connectivity index (χ4n) is 2.01. The molecule has 1 aromatic heterocycles. The second-order valence-corrected chi connectivity index (χ2v) is 5.89. The van der Waals surface area contributed by atoms with Crippen molar-refractivity contribution in [3.05, 3.63) is 50.7 Å². The first kappa shape index (κ1) is 13.7. The molecule has 2 N–H and O–H groups in total. The van der Waals surface area contributed by atoms with Gasteiger partial charge in [-0.25, -0.2) is 9.37 Å². The van der Waals surface area contributed by atoms with E-state index in [1.807, 2.05) is 0 Å². The number of hydrogen-bond acceptors (Lipinski definition) is 2. The zero-order chi connectivity index (χ0) is 14.4. The minimum Gasteiger partial charge on any atom is -0.369 e. The first-order valence-corrected chi connectivity index (χ1v) is 7.10. The van der Waals surface area contributed by atoms with Gasteiger partial charge in [-0.1, -0.05) is 39.1 Å². The van der Waals surface area contributed by atoms with E-state index in [1.54, 1.807) is 24.3 Å². The van der Waals surface area contributed by atoms with Crippen LogP contribution in [0.5, 0.6) is 0 Å². The van der Waals surface area contributed by atoms with Gasteiger partial charge in [-0.15, -0.1) is 0 Å². The molecule has 102 valence electrons. The van der Waals surface area contributed by atoms with Gasteiger partial charge in [0.05, 0.1) is 26.8 Å². The molecule has 0 radical (unpaired) electrons. The molecule has 0 amide bonds. The van der Waals surface area contributed by atoms with E-state index in [0.29, 0.717) is 31.2 Å². The molecule has 0 saturated carbocycles. The van der Waals surface area contributed by atoms with Crippen LogP contribution in [0.15, 0.2) is 34.8 Å². The van der Waals surface area contributed by atoms with Gasteiger partial charge in [0.25, 0.3) is 0 Å². The third-order valence-corrected chi connectivity index (χ3v) is 4.09. The molecule has 3 nitrogen and oxygen atoms in total. The van der Waals surface area contributed by atoms with Crippen molar-refractivity contribution >= 4 is 56.1 Å². The number of rotatable bonds is 1. The van der Waals surface area contributed by atoms with Gasteiger partial charge in [-0.05, 0) is 30.3 Å². The third-order valence-electron chi connectivity index (χ3n) is 2.87. The van der Waals surface area contributed by atoms with E-state index in [4.69, 9.17) is 28.9 Å². The lowest BCUT2D eigenvalue weighted by Gasteiger charge is -2.08. The van der Waals surface area contributed by atoms with Crippen molar-refractivity contribution in [3.8, 4) is 5.69 Å². The summed E-state index contributed by atoms with van der Waals surface area (Å²) in [5.41, 5.74) is 7.33. The van der Waals surface area contributed by atoms with Crippen molar-refractivity contribution in [3.63, 3.8) is 0 Å². The summed E-state index contributed by atoms with van der Waals surface area (Å²) < 4.78 is 16.2. The summed E-state index contributed by atoms with van der Waals surface area (Å²) in [6, 6.07) is 7.91. The van der Waals surface area contributed by atoms with Gasteiger partial charge in [-0.2, -0.15) is 0 Å². The highest BCUT2D eigenvalue weighted by Crippen LogP contribution is 2.32. The Morgan fingerprint density at radius 1 is 1.15 bits per heavy atom. The van der Waals surface area contributed by atoms with Crippen LogP contribution in [0, 0.1) is 5.82 Å². The number of nitrogens with zero attached hydrogens (tertiary/aromatic N) is 2. The van der Waals surface area contributed by atoms with Gasteiger partial charge < -0.3 is 5.73 Å². The highest BCUT2D eigenvalue weighted by atomic mass is 79.9. The number of fused-ring (bicyclic) bond motifs is 1. The third kappa shape index (κ3) is 2.16. The Kier molecular flexibility index (Phi) is 3.36. The highest BCUT2D eigenvalue weighted by molar-refractivity contribution is 9.10. The van der Waals surface area contributed by atoms with Crippen molar-refractivity contribution in [1.29, 1.82) is 0 Å². The van der Waals surface area contributed by atoms with Gasteiger partial charge in [0, 0.05) is 4.47 Å². The minimum atomic E-state index is -0.420. The standard InChI is InChI=1S/C13H7BrCl2FN3/c14-6-1-2-11(9(17)3-6)20-12-5-8(16)7(15)4-10(12)19-13(20)18/h1-5H,(H2,18,19). The summed E-state index contributed by atoms with van der Waals surface area (Å²) in [5.74, 6) is -0.254. The molecule has 20 heavy (non-hydrogen) atoms. The van der Waals surface area contributed by atoms with Crippen LogP contribution in [-0.2, 0) is 0 Å². The van der Waals surface area contributed by atoms with Crippen molar-refractivity contribution in [2.75, 3.05) is 5.73 Å². The maximum Gasteiger partial charge on any atom is 0.206 e. The number of benzene rings is 2. The Bertz CT molecular complexity index is 832. The van der Waals surface area contributed by atoms with E-state index >= 15 is 0 Å². The SMILES string of the molecule is Nc1nc2cc(Cl)c(Cl)cc2n1-c1ccc(Br)cc1F. The maximum atomic E-state index is 14.1. The van der Waals surface area contributed by atoms with Crippen LogP contribution in [0.2, 0.25) is 10.0 Å².